The highest BCUT2D eigenvalue weighted by Gasteiger charge is 2.46. The molecule has 51 heavy (non-hydrogen) atoms. The second kappa shape index (κ2) is 15.0. The van der Waals surface area contributed by atoms with Crippen LogP contribution in [0.5, 0.6) is 11.5 Å². The van der Waals surface area contributed by atoms with Crippen LogP contribution < -0.4 is 25.0 Å². The molecule has 0 radical (unpaired) electrons. The number of benzene rings is 3. The maximum Gasteiger partial charge on any atom is 0.350 e. The van der Waals surface area contributed by atoms with Crippen LogP contribution in [0.25, 0.3) is 5.69 Å². The fourth-order valence-electron chi connectivity index (χ4n) is 6.44. The second-order valence-electron chi connectivity index (χ2n) is 12.6. The quantitative estimate of drug-likeness (QED) is 0.161. The van der Waals surface area contributed by atoms with Crippen molar-refractivity contribution in [1.29, 1.82) is 0 Å². The van der Waals surface area contributed by atoms with Crippen molar-refractivity contribution in [2.45, 2.75) is 44.7 Å². The predicted octanol–water partition coefficient (Wildman–Crippen LogP) is 5.59. The minimum atomic E-state index is -1.22. The normalized spacial score (nSPS) is 19.7. The third-order valence-electron chi connectivity index (χ3n) is 9.43. The average Bonchev–Trinajstić information content (AvgIpc) is 3.91. The number of ether oxygens (including phenoxy) is 4. The molecule has 3 unspecified atom stereocenters. The van der Waals surface area contributed by atoms with Crippen molar-refractivity contribution in [2.24, 2.45) is 0 Å². The van der Waals surface area contributed by atoms with Gasteiger partial charge in [0.05, 0.1) is 42.9 Å². The van der Waals surface area contributed by atoms with Crippen LogP contribution in [0.3, 0.4) is 0 Å². The number of hydrogen-bond acceptors (Lipinski definition) is 10. The predicted molar refractivity (Wildman–Crippen MR) is 195 cm³/mol. The van der Waals surface area contributed by atoms with E-state index in [0.29, 0.717) is 27.1 Å². The average molecular weight is 736 g/mol. The molecule has 15 heteroatoms. The highest BCUT2D eigenvalue weighted by molar-refractivity contribution is 6.35. The monoisotopic (exact) mass is 734 g/mol. The third kappa shape index (κ3) is 7.29. The van der Waals surface area contributed by atoms with Crippen molar-refractivity contribution in [3.8, 4) is 17.2 Å². The smallest absolute Gasteiger partial charge is 0.350 e. The molecular weight excluding hydrogens is 695 g/mol. The Hall–Kier alpha value is -4.56. The largest absolute Gasteiger partial charge is 0.493 e. The van der Waals surface area contributed by atoms with E-state index in [9.17, 15) is 4.79 Å². The van der Waals surface area contributed by atoms with Gasteiger partial charge in [0, 0.05) is 54.2 Å². The maximum absolute atomic E-state index is 12.8. The zero-order chi connectivity index (χ0) is 35.5. The summed E-state index contributed by atoms with van der Waals surface area (Å²) in [5.41, 5.74) is 3.47. The molecule has 268 valence electrons. The molecule has 3 aromatic carbocycles. The van der Waals surface area contributed by atoms with Gasteiger partial charge in [0.1, 0.15) is 25.6 Å². The van der Waals surface area contributed by atoms with Gasteiger partial charge in [-0.05, 0) is 61.9 Å². The van der Waals surface area contributed by atoms with Crippen molar-refractivity contribution in [3.05, 3.63) is 105 Å². The fourth-order valence-corrected chi connectivity index (χ4v) is 6.99. The number of methoxy groups -OCH3 is 1. The second-order valence-corrected chi connectivity index (χ2v) is 13.5. The summed E-state index contributed by atoms with van der Waals surface area (Å²) < 4.78 is 27.9. The van der Waals surface area contributed by atoms with Gasteiger partial charge in [-0.25, -0.2) is 14.0 Å². The van der Waals surface area contributed by atoms with Gasteiger partial charge in [-0.2, -0.15) is 20.1 Å². The summed E-state index contributed by atoms with van der Waals surface area (Å²) in [6.45, 7) is 8.09. The van der Waals surface area contributed by atoms with Gasteiger partial charge in [-0.15, -0.1) is 0 Å². The minimum absolute atomic E-state index is 0.0551. The van der Waals surface area contributed by atoms with E-state index in [-0.39, 0.29) is 31.5 Å². The van der Waals surface area contributed by atoms with Crippen LogP contribution in [-0.2, 0) is 21.8 Å². The summed E-state index contributed by atoms with van der Waals surface area (Å²) in [4.78, 5) is 19.0. The van der Waals surface area contributed by atoms with E-state index in [0.717, 1.165) is 49.7 Å². The van der Waals surface area contributed by atoms with Crippen molar-refractivity contribution in [2.75, 3.05) is 56.3 Å². The Labute approximate surface area is 305 Å². The van der Waals surface area contributed by atoms with E-state index in [4.69, 9.17) is 42.1 Å². The summed E-state index contributed by atoms with van der Waals surface area (Å²) in [7, 11) is 1.64. The molecule has 2 aromatic heterocycles. The molecule has 0 spiro atoms. The van der Waals surface area contributed by atoms with Gasteiger partial charge in [-0.1, -0.05) is 36.2 Å². The number of anilines is 2. The molecule has 0 bridgehead atoms. The first-order valence-electron chi connectivity index (χ1n) is 17.0. The van der Waals surface area contributed by atoms with E-state index < -0.39 is 11.9 Å². The van der Waals surface area contributed by atoms with Crippen molar-refractivity contribution in [1.82, 2.24) is 29.3 Å². The molecule has 13 nitrogen and oxygen atoms in total. The van der Waals surface area contributed by atoms with E-state index in [1.165, 1.54) is 9.48 Å². The number of hydrogen-bond donors (Lipinski definition) is 0. The third-order valence-corrected chi connectivity index (χ3v) is 9.98. The van der Waals surface area contributed by atoms with Gasteiger partial charge >= 0.3 is 5.69 Å². The Balaban J connectivity index is 0.965. The van der Waals surface area contributed by atoms with Crippen LogP contribution in [0.15, 0.2) is 84.2 Å². The number of halogens is 2. The molecule has 0 N–H and O–H groups in total. The Morgan fingerprint density at radius 3 is 2.27 bits per heavy atom. The fraction of sp³-hybridized carbons (Fsp3) is 0.389. The van der Waals surface area contributed by atoms with E-state index in [1.54, 1.807) is 48.6 Å². The van der Waals surface area contributed by atoms with Crippen molar-refractivity contribution >= 4 is 34.6 Å². The lowest BCUT2D eigenvalue weighted by Gasteiger charge is -2.37. The summed E-state index contributed by atoms with van der Waals surface area (Å²) >= 11 is 12.8. The first-order chi connectivity index (χ1) is 24.8. The Bertz CT molecular complexity index is 2000. The molecule has 2 saturated heterocycles. The minimum Gasteiger partial charge on any atom is -0.493 e. The van der Waals surface area contributed by atoms with Crippen LogP contribution >= 0.6 is 23.2 Å². The number of rotatable bonds is 12. The summed E-state index contributed by atoms with van der Waals surface area (Å²) in [5, 5.41) is 13.7. The molecule has 4 heterocycles. The molecule has 2 aliphatic rings. The van der Waals surface area contributed by atoms with Gasteiger partial charge < -0.3 is 28.7 Å². The van der Waals surface area contributed by atoms with Crippen LogP contribution in [0.2, 0.25) is 10.0 Å². The SMILES string of the molecule is CCC(C)n1ncn(-c2ccc(N3CCN(c4ccc(OCC5COC(Cn6nccn6)(c6ccc(Cl)cc6Cl)O5)c(OC)c4)CC3)cc2)c1=O. The zero-order valence-electron chi connectivity index (χ0n) is 28.7. The lowest BCUT2D eigenvalue weighted by Crippen LogP contribution is -2.46. The first kappa shape index (κ1) is 34.9. The lowest BCUT2D eigenvalue weighted by molar-refractivity contribution is -0.192. The molecular formula is C36H40Cl2N8O5. The van der Waals surface area contributed by atoms with Crippen molar-refractivity contribution < 1.29 is 18.9 Å². The molecule has 0 aliphatic carbocycles. The maximum atomic E-state index is 12.8. The highest BCUT2D eigenvalue weighted by atomic mass is 35.5. The number of nitrogens with zero attached hydrogens (tertiary/aromatic N) is 8. The van der Waals surface area contributed by atoms with Crippen molar-refractivity contribution in [3.63, 3.8) is 0 Å². The molecule has 0 amide bonds. The van der Waals surface area contributed by atoms with Crippen LogP contribution in [0, 0.1) is 0 Å². The van der Waals surface area contributed by atoms with Gasteiger partial charge in [-0.3, -0.25) is 0 Å². The van der Waals surface area contributed by atoms with E-state index in [2.05, 4.69) is 37.2 Å². The topological polar surface area (TPSA) is 114 Å². The summed E-state index contributed by atoms with van der Waals surface area (Å²) in [5.74, 6) is 0.0149. The number of piperazine rings is 1. The molecule has 2 aliphatic heterocycles. The summed E-state index contributed by atoms with van der Waals surface area (Å²) in [6.07, 6.45) is 5.23. The molecule has 5 aromatic rings. The Kier molecular flexibility index (Phi) is 10.2. The van der Waals surface area contributed by atoms with Crippen LogP contribution in [-0.4, -0.2) is 81.9 Å². The van der Waals surface area contributed by atoms with Gasteiger partial charge in [0.2, 0.25) is 5.79 Å². The number of aromatic nitrogens is 6. The lowest BCUT2D eigenvalue weighted by atomic mass is 10.1. The van der Waals surface area contributed by atoms with Gasteiger partial charge in [0.15, 0.2) is 11.5 Å². The standard InChI is InChI=1S/C36H40Cl2N8O5/c1-4-25(2)46-35(47)44(24-41-46)28-8-6-27(7-9-28)42-15-17-43(18-16-42)29-10-12-33(34(20-29)48-3)49-21-30-22-50-36(51-30,23-45-39-13-14-40-45)31-11-5-26(37)19-32(31)38/h5-14,19-20,24-25,30H,4,15-18,21-23H2,1-3H3. The highest BCUT2D eigenvalue weighted by Crippen LogP contribution is 2.41. The zero-order valence-corrected chi connectivity index (χ0v) is 30.2. The molecule has 2 fully saturated rings. The molecule has 7 rings (SSSR count). The van der Waals surface area contributed by atoms with Crippen LogP contribution in [0.1, 0.15) is 31.9 Å². The van der Waals surface area contributed by atoms with E-state index in [1.807, 2.05) is 44.2 Å². The first-order valence-corrected chi connectivity index (χ1v) is 17.7. The molecule has 0 saturated carbocycles. The van der Waals surface area contributed by atoms with E-state index >= 15 is 0 Å². The molecule has 3 atom stereocenters. The van der Waals surface area contributed by atoms with Gasteiger partial charge in [0.25, 0.3) is 0 Å². The Morgan fingerprint density at radius 1 is 0.902 bits per heavy atom. The summed E-state index contributed by atoms with van der Waals surface area (Å²) in [6, 6.07) is 19.3. The Morgan fingerprint density at radius 2 is 1.59 bits per heavy atom. The van der Waals surface area contributed by atoms with Crippen LogP contribution in [0.4, 0.5) is 11.4 Å².